The van der Waals surface area contributed by atoms with Crippen LogP contribution in [0, 0.1) is 0 Å². The number of rotatable bonds is 13. The average molecular weight is 686 g/mol. The molecule has 2 aromatic heterocycles. The summed E-state index contributed by atoms with van der Waals surface area (Å²) in [5.74, 6) is 3.13. The van der Waals surface area contributed by atoms with Crippen molar-refractivity contribution in [3.8, 4) is 57.3 Å². The van der Waals surface area contributed by atoms with Crippen LogP contribution < -0.4 is 33.8 Å². The first-order valence-corrected chi connectivity index (χ1v) is 15.1. The molecular formula is C31H29BrN2O9S. The molecule has 230 valence electrons. The average Bonchev–Trinajstić information content (AvgIpc) is 3.52. The normalized spacial score (nSPS) is 11.0. The van der Waals surface area contributed by atoms with Crippen LogP contribution in [0.3, 0.4) is 0 Å². The molecule has 0 radical (unpaired) electrons. The Hall–Kier alpha value is -4.36. The van der Waals surface area contributed by atoms with E-state index in [4.69, 9.17) is 37.3 Å². The fourth-order valence-corrected chi connectivity index (χ4v) is 5.59. The predicted molar refractivity (Wildman–Crippen MR) is 169 cm³/mol. The van der Waals surface area contributed by atoms with E-state index in [2.05, 4.69) is 26.1 Å². The van der Waals surface area contributed by atoms with Gasteiger partial charge in [-0.15, -0.1) is 10.2 Å². The Balaban J connectivity index is 1.44. The molecule has 5 rings (SSSR count). The highest BCUT2D eigenvalue weighted by Crippen LogP contribution is 2.44. The molecule has 0 N–H and O–H groups in total. The van der Waals surface area contributed by atoms with Gasteiger partial charge in [-0.1, -0.05) is 23.9 Å². The van der Waals surface area contributed by atoms with Gasteiger partial charge < -0.3 is 37.3 Å². The van der Waals surface area contributed by atoms with Crippen LogP contribution in [0.2, 0.25) is 0 Å². The quantitative estimate of drug-likeness (QED) is 0.0948. The summed E-state index contributed by atoms with van der Waals surface area (Å²) in [5, 5.41) is 8.93. The summed E-state index contributed by atoms with van der Waals surface area (Å²) in [6, 6.07) is 14.2. The lowest BCUT2D eigenvalue weighted by atomic mass is 10.1. The molecule has 2 heterocycles. The van der Waals surface area contributed by atoms with Crippen LogP contribution in [0.25, 0.3) is 33.7 Å². The highest BCUT2D eigenvalue weighted by atomic mass is 79.9. The third kappa shape index (κ3) is 6.29. The van der Waals surface area contributed by atoms with Crippen LogP contribution in [0.15, 0.2) is 71.9 Å². The highest BCUT2D eigenvalue weighted by Gasteiger charge is 2.24. The first-order chi connectivity index (χ1) is 21.4. The summed E-state index contributed by atoms with van der Waals surface area (Å²) < 4.78 is 46.5. The molecule has 5 aromatic rings. The monoisotopic (exact) mass is 684 g/mol. The zero-order valence-corrected chi connectivity index (χ0v) is 27.0. The van der Waals surface area contributed by atoms with Gasteiger partial charge in [0.05, 0.1) is 47.7 Å². The minimum Gasteiger partial charge on any atom is -0.496 e. The summed E-state index contributed by atoms with van der Waals surface area (Å²) >= 11 is 4.89. The second-order valence-corrected chi connectivity index (χ2v) is 11.0. The van der Waals surface area contributed by atoms with E-state index in [0.29, 0.717) is 57.6 Å². The Morgan fingerprint density at radius 3 is 2.20 bits per heavy atom. The fraction of sp³-hybridized carbons (Fsp3) is 0.258. The van der Waals surface area contributed by atoms with Crippen molar-refractivity contribution in [3.05, 3.63) is 63.2 Å². The standard InChI is InChI=1S/C31H29BrN2O9S/c1-36-18-15-21(37-2)25-22(16-18)42-27(17-13-23(38-3)28(40-5)24(14-17)39-4)29(26(25)35)41-11-8-12-44-31-34-33-30(43-31)19-9-6-7-10-20(19)32/h6-7,9-10,13-16H,8,11-12H2,1-5H3. The number of fused-ring (bicyclic) bond motifs is 1. The zero-order chi connectivity index (χ0) is 31.2. The van der Waals surface area contributed by atoms with Crippen molar-refractivity contribution in [1.82, 2.24) is 10.2 Å². The maximum absolute atomic E-state index is 13.9. The van der Waals surface area contributed by atoms with E-state index < -0.39 is 5.43 Å². The van der Waals surface area contributed by atoms with E-state index in [-0.39, 0.29) is 29.1 Å². The molecule has 0 atom stereocenters. The lowest BCUT2D eigenvalue weighted by molar-refractivity contribution is 0.309. The summed E-state index contributed by atoms with van der Waals surface area (Å²) in [6.45, 7) is 0.199. The molecule has 0 aliphatic carbocycles. The number of nitrogens with zero attached hydrogens (tertiary/aromatic N) is 2. The highest BCUT2D eigenvalue weighted by molar-refractivity contribution is 9.10. The van der Waals surface area contributed by atoms with E-state index in [0.717, 1.165) is 10.0 Å². The molecular weight excluding hydrogens is 656 g/mol. The Morgan fingerprint density at radius 1 is 0.818 bits per heavy atom. The Kier molecular flexibility index (Phi) is 9.85. The van der Waals surface area contributed by atoms with E-state index in [1.165, 1.54) is 47.3 Å². The minimum absolute atomic E-state index is 0.00856. The Labute approximate surface area is 265 Å². The van der Waals surface area contributed by atoms with Crippen molar-refractivity contribution >= 4 is 38.7 Å². The van der Waals surface area contributed by atoms with Crippen molar-refractivity contribution in [2.24, 2.45) is 0 Å². The van der Waals surface area contributed by atoms with E-state index in [9.17, 15) is 4.79 Å². The topological polar surface area (TPSA) is 125 Å². The number of thioether (sulfide) groups is 1. The predicted octanol–water partition coefficient (Wildman–Crippen LogP) is 6.88. The van der Waals surface area contributed by atoms with Crippen LogP contribution in [0.4, 0.5) is 0 Å². The maximum Gasteiger partial charge on any atom is 0.276 e. The van der Waals surface area contributed by atoms with Crippen LogP contribution in [-0.4, -0.2) is 58.1 Å². The van der Waals surface area contributed by atoms with Gasteiger partial charge in [0.25, 0.3) is 5.22 Å². The van der Waals surface area contributed by atoms with Crippen molar-refractivity contribution in [2.75, 3.05) is 47.9 Å². The molecule has 0 saturated carbocycles. The number of ether oxygens (including phenoxy) is 6. The number of methoxy groups -OCH3 is 5. The number of aromatic nitrogens is 2. The first-order valence-electron chi connectivity index (χ1n) is 13.3. The summed E-state index contributed by atoms with van der Waals surface area (Å²) in [7, 11) is 7.51. The van der Waals surface area contributed by atoms with Crippen molar-refractivity contribution in [2.45, 2.75) is 11.6 Å². The lowest BCUT2D eigenvalue weighted by Gasteiger charge is -2.16. The van der Waals surface area contributed by atoms with E-state index in [1.807, 2.05) is 24.3 Å². The van der Waals surface area contributed by atoms with Crippen LogP contribution in [0.5, 0.6) is 34.5 Å². The fourth-order valence-electron chi connectivity index (χ4n) is 4.46. The number of hydrogen-bond acceptors (Lipinski definition) is 12. The largest absolute Gasteiger partial charge is 0.496 e. The molecule has 0 unspecified atom stereocenters. The Morgan fingerprint density at radius 2 is 1.55 bits per heavy atom. The molecule has 0 saturated heterocycles. The summed E-state index contributed by atoms with van der Waals surface area (Å²) in [4.78, 5) is 13.9. The summed E-state index contributed by atoms with van der Waals surface area (Å²) in [6.07, 6.45) is 0.559. The SMILES string of the molecule is COc1cc(OC)c2c(=O)c(OCCCSc3nnc(-c4ccccc4Br)o3)c(-c3cc(OC)c(OC)c(OC)c3)oc2c1. The Bertz CT molecular complexity index is 1810. The molecule has 11 nitrogen and oxygen atoms in total. The van der Waals surface area contributed by atoms with Gasteiger partial charge in [0.2, 0.25) is 22.8 Å². The number of hydrogen-bond donors (Lipinski definition) is 0. The van der Waals surface area contributed by atoms with Gasteiger partial charge in [-0.25, -0.2) is 0 Å². The molecule has 0 amide bonds. The van der Waals surface area contributed by atoms with Crippen molar-refractivity contribution in [3.63, 3.8) is 0 Å². The third-order valence-corrected chi connectivity index (χ3v) is 8.14. The number of halogens is 1. The van der Waals surface area contributed by atoms with Gasteiger partial charge in [-0.05, 0) is 46.6 Å². The molecule has 44 heavy (non-hydrogen) atoms. The lowest BCUT2D eigenvalue weighted by Crippen LogP contribution is -2.12. The molecule has 0 bridgehead atoms. The first kappa shape index (κ1) is 31.1. The maximum atomic E-state index is 13.9. The molecule has 0 spiro atoms. The van der Waals surface area contributed by atoms with Crippen molar-refractivity contribution in [1.29, 1.82) is 0 Å². The summed E-state index contributed by atoms with van der Waals surface area (Å²) in [5.41, 5.74) is 1.15. The molecule has 0 aliphatic heterocycles. The molecule has 3 aromatic carbocycles. The minimum atomic E-state index is -0.405. The van der Waals surface area contributed by atoms with E-state index >= 15 is 0 Å². The molecule has 0 aliphatic rings. The molecule has 13 heteroatoms. The second-order valence-electron chi connectivity index (χ2n) is 9.11. The van der Waals surface area contributed by atoms with E-state index in [1.54, 1.807) is 24.3 Å². The van der Waals surface area contributed by atoms with Gasteiger partial charge in [-0.2, -0.15) is 0 Å². The van der Waals surface area contributed by atoms with Crippen LogP contribution >= 0.6 is 27.7 Å². The second kappa shape index (κ2) is 14.0. The van der Waals surface area contributed by atoms with Gasteiger partial charge in [0.15, 0.2) is 17.3 Å². The third-order valence-electron chi connectivity index (χ3n) is 6.54. The van der Waals surface area contributed by atoms with Crippen molar-refractivity contribution < 1.29 is 37.3 Å². The van der Waals surface area contributed by atoms with Crippen LogP contribution in [-0.2, 0) is 0 Å². The van der Waals surface area contributed by atoms with Crippen LogP contribution in [0.1, 0.15) is 6.42 Å². The number of benzene rings is 3. The van der Waals surface area contributed by atoms with Gasteiger partial charge in [0.1, 0.15) is 22.5 Å². The van der Waals surface area contributed by atoms with Gasteiger partial charge >= 0.3 is 0 Å². The smallest absolute Gasteiger partial charge is 0.276 e. The van der Waals surface area contributed by atoms with Gasteiger partial charge in [0, 0.05) is 27.9 Å². The molecule has 0 fully saturated rings. The van der Waals surface area contributed by atoms with Gasteiger partial charge in [-0.3, -0.25) is 4.79 Å². The zero-order valence-electron chi connectivity index (χ0n) is 24.6.